The van der Waals surface area contributed by atoms with Crippen LogP contribution >= 0.6 is 0 Å². The maximum absolute atomic E-state index is 12.8. The quantitative estimate of drug-likeness (QED) is 0.905. The highest BCUT2D eigenvalue weighted by Gasteiger charge is 2.34. The first-order chi connectivity index (χ1) is 8.98. The molecule has 0 spiro atoms. The summed E-state index contributed by atoms with van der Waals surface area (Å²) in [6, 6.07) is 7.75. The number of hydrogen-bond donors (Lipinski definition) is 1. The second-order valence-electron chi connectivity index (χ2n) is 3.74. The van der Waals surface area contributed by atoms with Crippen molar-refractivity contribution in [1.82, 2.24) is 4.98 Å². The minimum absolute atomic E-state index is 0.337. The van der Waals surface area contributed by atoms with Gasteiger partial charge < -0.3 is 5.32 Å². The van der Waals surface area contributed by atoms with E-state index in [-0.39, 0.29) is 0 Å². The molecule has 1 aromatic heterocycles. The Bertz CT molecular complexity index is 582. The molecule has 0 aliphatic carbocycles. The topological polar surface area (TPSA) is 42.0 Å². The van der Waals surface area contributed by atoms with Crippen LogP contribution < -0.4 is 5.32 Å². The van der Waals surface area contributed by atoms with Gasteiger partial charge in [-0.3, -0.25) is 9.78 Å². The lowest BCUT2D eigenvalue weighted by atomic mass is 10.1. The van der Waals surface area contributed by atoms with Crippen molar-refractivity contribution in [3.63, 3.8) is 0 Å². The van der Waals surface area contributed by atoms with E-state index in [0.717, 1.165) is 12.1 Å². The van der Waals surface area contributed by atoms with Crippen LogP contribution in [0.2, 0.25) is 0 Å². The molecule has 1 heterocycles. The molecular formula is C13H9F3N2O. The van der Waals surface area contributed by atoms with Gasteiger partial charge in [-0.05, 0) is 24.3 Å². The first kappa shape index (κ1) is 13.1. The minimum Gasteiger partial charge on any atom is -0.321 e. The first-order valence-electron chi connectivity index (χ1n) is 5.36. The number of rotatable bonds is 2. The molecule has 6 heteroatoms. The Morgan fingerprint density at radius 2 is 1.84 bits per heavy atom. The summed E-state index contributed by atoms with van der Waals surface area (Å²) in [6.07, 6.45) is -1.71. The van der Waals surface area contributed by atoms with E-state index in [1.165, 1.54) is 24.5 Å². The summed E-state index contributed by atoms with van der Waals surface area (Å²) in [5.41, 5.74) is -1.04. The van der Waals surface area contributed by atoms with Crippen molar-refractivity contribution in [1.29, 1.82) is 0 Å². The third-order valence-electron chi connectivity index (χ3n) is 2.40. The highest BCUT2D eigenvalue weighted by molar-refractivity contribution is 6.05. The van der Waals surface area contributed by atoms with Crippen molar-refractivity contribution < 1.29 is 18.0 Å². The standard InChI is InChI=1S/C13H9F3N2O/c14-13(15,16)11-6-2-1-5-10(11)12(19)18-9-4-3-7-17-8-9/h1-8H,(H,18,19). The highest BCUT2D eigenvalue weighted by atomic mass is 19.4. The van der Waals surface area contributed by atoms with Gasteiger partial charge in [0.25, 0.3) is 5.91 Å². The Hall–Kier alpha value is -2.37. The van der Waals surface area contributed by atoms with E-state index in [1.54, 1.807) is 12.1 Å². The number of amides is 1. The van der Waals surface area contributed by atoms with Crippen LogP contribution in [0.1, 0.15) is 15.9 Å². The summed E-state index contributed by atoms with van der Waals surface area (Å²) < 4.78 is 38.3. The van der Waals surface area contributed by atoms with Gasteiger partial charge in [0.1, 0.15) is 0 Å². The van der Waals surface area contributed by atoms with Crippen LogP contribution in [0.5, 0.6) is 0 Å². The van der Waals surface area contributed by atoms with Gasteiger partial charge in [-0.15, -0.1) is 0 Å². The summed E-state index contributed by atoms with van der Waals surface area (Å²) in [5.74, 6) is -0.819. The maximum atomic E-state index is 12.8. The molecule has 1 aromatic carbocycles. The van der Waals surface area contributed by atoms with E-state index in [4.69, 9.17) is 0 Å². The van der Waals surface area contributed by atoms with Gasteiger partial charge in [0.2, 0.25) is 0 Å². The number of halogens is 3. The van der Waals surface area contributed by atoms with Crippen LogP contribution in [-0.4, -0.2) is 10.9 Å². The Morgan fingerprint density at radius 1 is 1.11 bits per heavy atom. The van der Waals surface area contributed by atoms with E-state index in [1.807, 2.05) is 0 Å². The molecule has 2 rings (SSSR count). The third-order valence-corrected chi connectivity index (χ3v) is 2.40. The van der Waals surface area contributed by atoms with Gasteiger partial charge in [-0.25, -0.2) is 0 Å². The van der Waals surface area contributed by atoms with E-state index < -0.39 is 23.2 Å². The Kier molecular flexibility index (Phi) is 3.50. The lowest BCUT2D eigenvalue weighted by Gasteiger charge is -2.12. The van der Waals surface area contributed by atoms with Gasteiger partial charge in [0.05, 0.1) is 23.0 Å². The molecule has 98 valence electrons. The molecule has 0 saturated heterocycles. The first-order valence-corrected chi connectivity index (χ1v) is 5.36. The fourth-order valence-electron chi connectivity index (χ4n) is 1.56. The van der Waals surface area contributed by atoms with Crippen molar-refractivity contribution in [3.05, 3.63) is 59.9 Å². The average molecular weight is 266 g/mol. The third kappa shape index (κ3) is 3.09. The van der Waals surface area contributed by atoms with Crippen LogP contribution in [0, 0.1) is 0 Å². The van der Waals surface area contributed by atoms with Crippen LogP contribution in [0.4, 0.5) is 18.9 Å². The largest absolute Gasteiger partial charge is 0.417 e. The van der Waals surface area contributed by atoms with Gasteiger partial charge in [0, 0.05) is 6.20 Å². The van der Waals surface area contributed by atoms with Crippen molar-refractivity contribution in [3.8, 4) is 0 Å². The number of carbonyl (C=O) groups excluding carboxylic acids is 1. The Balaban J connectivity index is 2.30. The fourth-order valence-corrected chi connectivity index (χ4v) is 1.56. The number of nitrogens with zero attached hydrogens (tertiary/aromatic N) is 1. The SMILES string of the molecule is O=C(Nc1cccnc1)c1ccccc1C(F)(F)F. The second kappa shape index (κ2) is 5.09. The lowest BCUT2D eigenvalue weighted by molar-refractivity contribution is -0.137. The van der Waals surface area contributed by atoms with E-state index in [2.05, 4.69) is 10.3 Å². The van der Waals surface area contributed by atoms with Gasteiger partial charge in [-0.2, -0.15) is 13.2 Å². The lowest BCUT2D eigenvalue weighted by Crippen LogP contribution is -2.18. The summed E-state index contributed by atoms with van der Waals surface area (Å²) in [4.78, 5) is 15.6. The summed E-state index contributed by atoms with van der Waals surface area (Å²) >= 11 is 0. The molecule has 1 amide bonds. The van der Waals surface area contributed by atoms with Gasteiger partial charge >= 0.3 is 6.18 Å². The highest BCUT2D eigenvalue weighted by Crippen LogP contribution is 2.32. The predicted molar refractivity (Wildman–Crippen MR) is 63.6 cm³/mol. The average Bonchev–Trinajstić information content (AvgIpc) is 2.39. The summed E-state index contributed by atoms with van der Waals surface area (Å²) in [6.45, 7) is 0. The number of pyridine rings is 1. The Labute approximate surface area is 107 Å². The van der Waals surface area contributed by atoms with Crippen LogP contribution in [-0.2, 0) is 6.18 Å². The maximum Gasteiger partial charge on any atom is 0.417 e. The van der Waals surface area contributed by atoms with E-state index in [0.29, 0.717) is 5.69 Å². The summed E-state index contributed by atoms with van der Waals surface area (Å²) in [5, 5.41) is 2.37. The van der Waals surface area contributed by atoms with Crippen molar-refractivity contribution in [2.75, 3.05) is 5.32 Å². The molecule has 3 nitrogen and oxygen atoms in total. The molecular weight excluding hydrogens is 257 g/mol. The molecule has 0 unspecified atom stereocenters. The van der Waals surface area contributed by atoms with Crippen LogP contribution in [0.25, 0.3) is 0 Å². The van der Waals surface area contributed by atoms with Crippen LogP contribution in [0.3, 0.4) is 0 Å². The zero-order chi connectivity index (χ0) is 13.9. The zero-order valence-corrected chi connectivity index (χ0v) is 9.61. The second-order valence-corrected chi connectivity index (χ2v) is 3.74. The number of alkyl halides is 3. The molecule has 0 radical (unpaired) electrons. The molecule has 0 atom stereocenters. The van der Waals surface area contributed by atoms with Gasteiger partial charge in [-0.1, -0.05) is 12.1 Å². The fraction of sp³-hybridized carbons (Fsp3) is 0.0769. The van der Waals surface area contributed by atoms with Crippen molar-refractivity contribution >= 4 is 11.6 Å². The number of hydrogen-bond acceptors (Lipinski definition) is 2. The smallest absolute Gasteiger partial charge is 0.321 e. The Morgan fingerprint density at radius 3 is 2.47 bits per heavy atom. The number of benzene rings is 1. The molecule has 0 aliphatic rings. The van der Waals surface area contributed by atoms with Gasteiger partial charge in [0.15, 0.2) is 0 Å². The number of nitrogens with one attached hydrogen (secondary N) is 1. The number of anilines is 1. The monoisotopic (exact) mass is 266 g/mol. The minimum atomic E-state index is -4.57. The molecule has 0 fully saturated rings. The van der Waals surface area contributed by atoms with Crippen LogP contribution in [0.15, 0.2) is 48.8 Å². The van der Waals surface area contributed by atoms with Crippen molar-refractivity contribution in [2.24, 2.45) is 0 Å². The summed E-state index contributed by atoms with van der Waals surface area (Å²) in [7, 11) is 0. The number of aromatic nitrogens is 1. The molecule has 0 aliphatic heterocycles. The van der Waals surface area contributed by atoms with Crippen molar-refractivity contribution in [2.45, 2.75) is 6.18 Å². The number of carbonyl (C=O) groups is 1. The molecule has 2 aromatic rings. The molecule has 0 bridgehead atoms. The zero-order valence-electron chi connectivity index (χ0n) is 9.61. The van der Waals surface area contributed by atoms with E-state index in [9.17, 15) is 18.0 Å². The predicted octanol–water partition coefficient (Wildman–Crippen LogP) is 3.35. The molecule has 19 heavy (non-hydrogen) atoms. The normalized spacial score (nSPS) is 11.1. The van der Waals surface area contributed by atoms with E-state index >= 15 is 0 Å². The molecule has 1 N–H and O–H groups in total. The molecule has 0 saturated carbocycles.